The average Bonchev–Trinajstić information content (AvgIpc) is 2.56. The van der Waals surface area contributed by atoms with Crippen LogP contribution in [0.3, 0.4) is 0 Å². The Morgan fingerprint density at radius 1 is 1.33 bits per heavy atom. The van der Waals surface area contributed by atoms with Crippen LogP contribution in [-0.2, 0) is 11.2 Å². The van der Waals surface area contributed by atoms with Gasteiger partial charge in [-0.1, -0.05) is 37.3 Å². The third-order valence-electron chi connectivity index (χ3n) is 3.53. The number of aryl methyl sites for hydroxylation is 1. The van der Waals surface area contributed by atoms with Crippen molar-refractivity contribution in [2.45, 2.75) is 26.3 Å². The van der Waals surface area contributed by atoms with Crippen LogP contribution in [0.2, 0.25) is 0 Å². The number of carbonyl (C=O) groups excluding carboxylic acids is 1. The average molecular weight is 444 g/mol. The summed E-state index contributed by atoms with van der Waals surface area (Å²) in [5.41, 5.74) is 2.49. The molecule has 0 saturated carbocycles. The molecule has 0 aliphatic heterocycles. The summed E-state index contributed by atoms with van der Waals surface area (Å²) in [6.45, 7) is 8.60. The Kier molecular flexibility index (Phi) is 11.1. The van der Waals surface area contributed by atoms with Crippen molar-refractivity contribution in [2.24, 2.45) is 4.99 Å². The largest absolute Gasteiger partial charge is 0.353 e. The Balaban J connectivity index is 0.00000529. The third kappa shape index (κ3) is 7.81. The molecule has 0 bridgehead atoms. The Morgan fingerprint density at radius 3 is 2.46 bits per heavy atom. The highest BCUT2D eigenvalue weighted by Gasteiger charge is 2.09. The number of hydrogen-bond acceptors (Lipinski definition) is 2. The minimum absolute atomic E-state index is 0. The molecule has 1 amide bonds. The van der Waals surface area contributed by atoms with Crippen molar-refractivity contribution < 1.29 is 4.79 Å². The van der Waals surface area contributed by atoms with Crippen LogP contribution in [0.1, 0.15) is 31.0 Å². The summed E-state index contributed by atoms with van der Waals surface area (Å²) in [5, 5.41) is 6.46. The molecule has 0 fully saturated rings. The van der Waals surface area contributed by atoms with Gasteiger partial charge in [-0.05, 0) is 24.5 Å². The second kappa shape index (κ2) is 11.9. The van der Waals surface area contributed by atoms with Crippen LogP contribution in [-0.4, -0.2) is 44.0 Å². The lowest BCUT2D eigenvalue weighted by Crippen LogP contribution is -2.39. The fourth-order valence-corrected chi connectivity index (χ4v) is 1.94. The second-order valence-electron chi connectivity index (χ2n) is 5.58. The van der Waals surface area contributed by atoms with Crippen LogP contribution in [0.25, 0.3) is 0 Å². The maximum absolute atomic E-state index is 11.7. The highest BCUT2D eigenvalue weighted by Crippen LogP contribution is 2.13. The molecule has 1 rings (SSSR count). The predicted octanol–water partition coefficient (Wildman–Crippen LogP) is 2.74. The van der Waals surface area contributed by atoms with Crippen LogP contribution in [0.5, 0.6) is 0 Å². The van der Waals surface area contributed by atoms with E-state index in [2.05, 4.69) is 60.3 Å². The normalized spacial score (nSPS) is 11.9. The number of hydrogen-bond donors (Lipinski definition) is 2. The van der Waals surface area contributed by atoms with E-state index in [1.54, 1.807) is 20.2 Å². The van der Waals surface area contributed by atoms with Gasteiger partial charge in [-0.3, -0.25) is 4.79 Å². The molecule has 0 aromatic heterocycles. The smallest absolute Gasteiger partial charge is 0.243 e. The predicted molar refractivity (Wildman–Crippen MR) is 112 cm³/mol. The first-order chi connectivity index (χ1) is 11.0. The number of nitrogens with one attached hydrogen (secondary N) is 2. The van der Waals surface area contributed by atoms with Gasteiger partial charge in [0.15, 0.2) is 5.96 Å². The Morgan fingerprint density at radius 2 is 1.96 bits per heavy atom. The highest BCUT2D eigenvalue weighted by molar-refractivity contribution is 14.0. The number of rotatable bonds is 7. The van der Waals surface area contributed by atoms with E-state index >= 15 is 0 Å². The number of benzene rings is 1. The van der Waals surface area contributed by atoms with Crippen molar-refractivity contribution in [3.05, 3.63) is 48.0 Å². The molecule has 6 heteroatoms. The zero-order valence-corrected chi connectivity index (χ0v) is 17.3. The molecule has 0 aliphatic carbocycles. The van der Waals surface area contributed by atoms with Gasteiger partial charge in [-0.2, -0.15) is 0 Å². The minimum Gasteiger partial charge on any atom is -0.353 e. The second-order valence-corrected chi connectivity index (χ2v) is 5.58. The molecule has 134 valence electrons. The summed E-state index contributed by atoms with van der Waals surface area (Å²) < 4.78 is 0. The van der Waals surface area contributed by atoms with Gasteiger partial charge in [0.1, 0.15) is 6.54 Å². The van der Waals surface area contributed by atoms with Crippen molar-refractivity contribution in [2.75, 3.05) is 27.2 Å². The summed E-state index contributed by atoms with van der Waals surface area (Å²) in [6, 6.07) is 8.60. The van der Waals surface area contributed by atoms with E-state index in [-0.39, 0.29) is 42.5 Å². The summed E-state index contributed by atoms with van der Waals surface area (Å²) in [7, 11) is 3.44. The van der Waals surface area contributed by atoms with Gasteiger partial charge in [0.05, 0.1) is 6.04 Å². The SMILES string of the molecule is C=CCNC(=NCC(=O)N(C)C)NC(C)c1ccc(CC)cc1.I. The number of halogens is 1. The minimum atomic E-state index is -0.0374. The van der Waals surface area contributed by atoms with Crippen molar-refractivity contribution in [3.8, 4) is 0 Å². The molecule has 0 aliphatic rings. The first kappa shape index (κ1) is 22.4. The molecule has 0 heterocycles. The van der Waals surface area contributed by atoms with E-state index in [0.717, 1.165) is 6.42 Å². The fraction of sp³-hybridized carbons (Fsp3) is 0.444. The maximum atomic E-state index is 11.7. The molecule has 2 N–H and O–H groups in total. The van der Waals surface area contributed by atoms with Crippen molar-refractivity contribution in [1.29, 1.82) is 0 Å². The number of carbonyl (C=O) groups is 1. The standard InChI is InChI=1S/C18H28N4O.HI/c1-6-12-19-18(20-13-17(23)22(4)5)21-14(3)16-10-8-15(7-2)9-11-16;/h6,8-11,14H,1,7,12-13H2,2-5H3,(H2,19,20,21);1H. The number of likely N-dealkylation sites (N-methyl/N-ethyl adjacent to an activating group) is 1. The molecule has 0 saturated heterocycles. The third-order valence-corrected chi connectivity index (χ3v) is 3.53. The molecule has 1 aromatic carbocycles. The van der Waals surface area contributed by atoms with E-state index in [4.69, 9.17) is 0 Å². The van der Waals surface area contributed by atoms with Gasteiger partial charge >= 0.3 is 0 Å². The first-order valence-electron chi connectivity index (χ1n) is 7.92. The number of guanidine groups is 1. The van der Waals surface area contributed by atoms with Crippen LogP contribution in [0.4, 0.5) is 0 Å². The molecule has 1 atom stereocenters. The lowest BCUT2D eigenvalue weighted by molar-refractivity contribution is -0.127. The van der Waals surface area contributed by atoms with Crippen molar-refractivity contribution >= 4 is 35.8 Å². The van der Waals surface area contributed by atoms with Crippen LogP contribution >= 0.6 is 24.0 Å². The van der Waals surface area contributed by atoms with E-state index in [1.807, 2.05) is 0 Å². The van der Waals surface area contributed by atoms with Crippen LogP contribution in [0, 0.1) is 0 Å². The molecule has 0 radical (unpaired) electrons. The van der Waals surface area contributed by atoms with Crippen LogP contribution < -0.4 is 10.6 Å². The molecule has 0 spiro atoms. The van der Waals surface area contributed by atoms with E-state index < -0.39 is 0 Å². The quantitative estimate of drug-likeness (QED) is 0.294. The molecular weight excluding hydrogens is 415 g/mol. The Labute approximate surface area is 162 Å². The monoisotopic (exact) mass is 444 g/mol. The number of aliphatic imine (C=N–C) groups is 1. The van der Waals surface area contributed by atoms with Gasteiger partial charge in [-0.15, -0.1) is 30.6 Å². The number of amides is 1. The summed E-state index contributed by atoms with van der Waals surface area (Å²) >= 11 is 0. The van der Waals surface area contributed by atoms with Gasteiger partial charge in [0, 0.05) is 20.6 Å². The van der Waals surface area contributed by atoms with Crippen molar-refractivity contribution in [1.82, 2.24) is 15.5 Å². The highest BCUT2D eigenvalue weighted by atomic mass is 127. The van der Waals surface area contributed by atoms with Gasteiger partial charge < -0.3 is 15.5 Å². The topological polar surface area (TPSA) is 56.7 Å². The van der Waals surface area contributed by atoms with E-state index in [0.29, 0.717) is 12.5 Å². The lowest BCUT2D eigenvalue weighted by Gasteiger charge is -2.19. The Hall–Kier alpha value is -1.57. The van der Waals surface area contributed by atoms with Crippen LogP contribution in [0.15, 0.2) is 41.9 Å². The van der Waals surface area contributed by atoms with Gasteiger partial charge in [0.2, 0.25) is 5.91 Å². The zero-order valence-electron chi connectivity index (χ0n) is 15.0. The number of nitrogens with zero attached hydrogens (tertiary/aromatic N) is 2. The molecule has 5 nitrogen and oxygen atoms in total. The lowest BCUT2D eigenvalue weighted by atomic mass is 10.1. The van der Waals surface area contributed by atoms with E-state index in [1.165, 1.54) is 16.0 Å². The van der Waals surface area contributed by atoms with E-state index in [9.17, 15) is 4.79 Å². The summed E-state index contributed by atoms with van der Waals surface area (Å²) in [4.78, 5) is 17.6. The van der Waals surface area contributed by atoms with Gasteiger partial charge in [-0.25, -0.2) is 4.99 Å². The first-order valence-corrected chi connectivity index (χ1v) is 7.92. The van der Waals surface area contributed by atoms with Crippen molar-refractivity contribution in [3.63, 3.8) is 0 Å². The maximum Gasteiger partial charge on any atom is 0.243 e. The zero-order chi connectivity index (χ0) is 17.2. The Bertz CT molecular complexity index is 540. The molecular formula is C18H29IN4O. The molecule has 1 aromatic rings. The summed E-state index contributed by atoms with van der Waals surface area (Å²) in [5.74, 6) is 0.567. The fourth-order valence-electron chi connectivity index (χ4n) is 1.94. The molecule has 1 unspecified atom stereocenters. The molecule has 24 heavy (non-hydrogen) atoms. The summed E-state index contributed by atoms with van der Waals surface area (Å²) in [6.07, 6.45) is 2.79. The van der Waals surface area contributed by atoms with Gasteiger partial charge in [0.25, 0.3) is 0 Å².